The molecule has 0 unspecified atom stereocenters. The molecule has 30 heavy (non-hydrogen) atoms. The van der Waals surface area contributed by atoms with E-state index in [2.05, 4.69) is 43.1 Å². The molecule has 2 aliphatic heterocycles. The normalized spacial score (nSPS) is 21.4. The van der Waals surface area contributed by atoms with Crippen LogP contribution in [-0.2, 0) is 16.0 Å². The van der Waals surface area contributed by atoms with Gasteiger partial charge in [-0.2, -0.15) is 0 Å². The van der Waals surface area contributed by atoms with Gasteiger partial charge < -0.3 is 10.2 Å². The first-order chi connectivity index (χ1) is 14.3. The summed E-state index contributed by atoms with van der Waals surface area (Å²) in [5, 5.41) is 3.15. The maximum absolute atomic E-state index is 12.7. The van der Waals surface area contributed by atoms with Gasteiger partial charge in [0, 0.05) is 38.6 Å². The van der Waals surface area contributed by atoms with Crippen LogP contribution in [0.5, 0.6) is 0 Å². The summed E-state index contributed by atoms with van der Waals surface area (Å²) in [6.45, 7) is 10.7. The van der Waals surface area contributed by atoms with Gasteiger partial charge in [-0.05, 0) is 49.6 Å². The van der Waals surface area contributed by atoms with Crippen molar-refractivity contribution in [1.29, 1.82) is 0 Å². The van der Waals surface area contributed by atoms with Crippen molar-refractivity contribution in [1.82, 2.24) is 15.1 Å². The number of nitrogens with one attached hydrogen (secondary N) is 1. The summed E-state index contributed by atoms with van der Waals surface area (Å²) < 4.78 is 0. The Bertz CT molecular complexity index is 690. The second-order valence-corrected chi connectivity index (χ2v) is 10.2. The predicted octanol–water partition coefficient (Wildman–Crippen LogP) is 3.48. The monoisotopic (exact) mass is 413 g/mol. The third-order valence-corrected chi connectivity index (χ3v) is 6.39. The fourth-order valence-electron chi connectivity index (χ4n) is 4.72. The molecular weight excluding hydrogens is 374 g/mol. The van der Waals surface area contributed by atoms with E-state index in [0.717, 1.165) is 58.3 Å². The number of carbonyl (C=O) groups excluding carboxylic acids is 2. The van der Waals surface area contributed by atoms with E-state index in [0.29, 0.717) is 19.0 Å². The maximum Gasteiger partial charge on any atom is 0.224 e. The van der Waals surface area contributed by atoms with Gasteiger partial charge in [-0.25, -0.2) is 0 Å². The highest BCUT2D eigenvalue weighted by atomic mass is 16.2. The molecular formula is C25H39N3O2. The molecule has 166 valence electrons. The van der Waals surface area contributed by atoms with E-state index in [1.807, 2.05) is 23.1 Å². The Hall–Kier alpha value is -1.88. The average molecular weight is 414 g/mol. The van der Waals surface area contributed by atoms with E-state index in [-0.39, 0.29) is 23.1 Å². The molecule has 2 fully saturated rings. The largest absolute Gasteiger partial charge is 0.355 e. The Balaban J connectivity index is 1.41. The average Bonchev–Trinajstić information content (AvgIpc) is 2.73. The van der Waals surface area contributed by atoms with Crippen LogP contribution >= 0.6 is 0 Å². The summed E-state index contributed by atoms with van der Waals surface area (Å²) in [6, 6.07) is 10.8. The summed E-state index contributed by atoms with van der Waals surface area (Å²) in [5.74, 6) is 0.582. The molecule has 1 aromatic carbocycles. The quantitative estimate of drug-likeness (QED) is 0.777. The van der Waals surface area contributed by atoms with Crippen LogP contribution in [0, 0.1) is 11.3 Å². The number of likely N-dealkylation sites (tertiary alicyclic amines) is 2. The minimum absolute atomic E-state index is 0.0435. The minimum Gasteiger partial charge on any atom is -0.355 e. The molecule has 5 heteroatoms. The molecule has 0 saturated carbocycles. The van der Waals surface area contributed by atoms with E-state index < -0.39 is 0 Å². The van der Waals surface area contributed by atoms with Crippen molar-refractivity contribution in [2.24, 2.45) is 11.3 Å². The Kier molecular flexibility index (Phi) is 7.93. The van der Waals surface area contributed by atoms with Gasteiger partial charge in [0.15, 0.2) is 0 Å². The zero-order valence-corrected chi connectivity index (χ0v) is 19.0. The number of amides is 2. The van der Waals surface area contributed by atoms with E-state index in [4.69, 9.17) is 0 Å². The van der Waals surface area contributed by atoms with Crippen molar-refractivity contribution in [3.8, 4) is 0 Å². The molecule has 0 radical (unpaired) electrons. The van der Waals surface area contributed by atoms with Gasteiger partial charge in [-0.3, -0.25) is 14.5 Å². The Labute approximate surface area is 182 Å². The molecule has 5 nitrogen and oxygen atoms in total. The first-order valence-electron chi connectivity index (χ1n) is 11.7. The Morgan fingerprint density at radius 1 is 1.03 bits per heavy atom. The second kappa shape index (κ2) is 10.4. The lowest BCUT2D eigenvalue weighted by Crippen LogP contribution is -2.51. The summed E-state index contributed by atoms with van der Waals surface area (Å²) in [4.78, 5) is 29.8. The molecule has 2 amide bonds. The first kappa shape index (κ1) is 22.8. The van der Waals surface area contributed by atoms with Gasteiger partial charge in [0.25, 0.3) is 0 Å². The Morgan fingerprint density at radius 3 is 2.40 bits per heavy atom. The SMILES string of the molecule is CC(C)(C)CC(=O)N1CCC(N2CCC[C@H](C(=O)NCCc3ccccc3)C2)CC1. The van der Waals surface area contributed by atoms with Gasteiger partial charge in [0.05, 0.1) is 5.92 Å². The smallest absolute Gasteiger partial charge is 0.224 e. The zero-order valence-electron chi connectivity index (χ0n) is 19.0. The highest BCUT2D eigenvalue weighted by molar-refractivity contribution is 5.79. The third kappa shape index (κ3) is 6.83. The van der Waals surface area contributed by atoms with Crippen LogP contribution in [0.15, 0.2) is 30.3 Å². The molecule has 0 bridgehead atoms. The lowest BCUT2D eigenvalue weighted by Gasteiger charge is -2.42. The van der Waals surface area contributed by atoms with E-state index in [1.165, 1.54) is 5.56 Å². The lowest BCUT2D eigenvalue weighted by molar-refractivity contribution is -0.134. The van der Waals surface area contributed by atoms with Crippen molar-refractivity contribution in [3.05, 3.63) is 35.9 Å². The molecule has 1 N–H and O–H groups in total. The molecule has 2 saturated heterocycles. The van der Waals surface area contributed by atoms with Crippen molar-refractivity contribution in [3.63, 3.8) is 0 Å². The molecule has 3 rings (SSSR count). The number of benzene rings is 1. The summed E-state index contributed by atoms with van der Waals surface area (Å²) >= 11 is 0. The fourth-order valence-corrected chi connectivity index (χ4v) is 4.72. The standard InChI is InChI=1S/C25H39N3O2/c1-25(2,3)18-23(29)27-16-12-22(13-17-27)28-15-7-10-21(19-28)24(30)26-14-11-20-8-5-4-6-9-20/h4-6,8-9,21-22H,7,10-19H2,1-3H3,(H,26,30)/t21-/m0/s1. The first-order valence-corrected chi connectivity index (χ1v) is 11.7. The number of nitrogens with zero attached hydrogens (tertiary/aromatic N) is 2. The number of hydrogen-bond acceptors (Lipinski definition) is 3. The minimum atomic E-state index is 0.0435. The molecule has 1 aromatic rings. The second-order valence-electron chi connectivity index (χ2n) is 10.2. The molecule has 1 atom stereocenters. The van der Waals surface area contributed by atoms with Crippen molar-refractivity contribution >= 4 is 11.8 Å². The summed E-state index contributed by atoms with van der Waals surface area (Å²) in [5.41, 5.74) is 1.30. The van der Waals surface area contributed by atoms with E-state index in [1.54, 1.807) is 0 Å². The predicted molar refractivity (Wildman–Crippen MR) is 121 cm³/mol. The molecule has 2 aliphatic rings. The summed E-state index contributed by atoms with van der Waals surface area (Å²) in [6.07, 6.45) is 5.61. The van der Waals surface area contributed by atoms with Crippen LogP contribution in [0.25, 0.3) is 0 Å². The number of carbonyl (C=O) groups is 2. The van der Waals surface area contributed by atoms with Gasteiger partial charge in [0.2, 0.25) is 11.8 Å². The van der Waals surface area contributed by atoms with Crippen LogP contribution in [0.4, 0.5) is 0 Å². The van der Waals surface area contributed by atoms with Gasteiger partial charge in [-0.15, -0.1) is 0 Å². The van der Waals surface area contributed by atoms with Crippen LogP contribution in [0.1, 0.15) is 58.4 Å². The van der Waals surface area contributed by atoms with E-state index >= 15 is 0 Å². The molecule has 0 aromatic heterocycles. The van der Waals surface area contributed by atoms with Crippen molar-refractivity contribution in [2.75, 3.05) is 32.7 Å². The topological polar surface area (TPSA) is 52.7 Å². The van der Waals surface area contributed by atoms with E-state index in [9.17, 15) is 9.59 Å². The highest BCUT2D eigenvalue weighted by Crippen LogP contribution is 2.26. The molecule has 0 spiro atoms. The van der Waals surface area contributed by atoms with Gasteiger partial charge >= 0.3 is 0 Å². The van der Waals surface area contributed by atoms with Gasteiger partial charge in [0.1, 0.15) is 0 Å². The van der Waals surface area contributed by atoms with Crippen LogP contribution in [-0.4, -0.2) is 60.4 Å². The molecule has 0 aliphatic carbocycles. The van der Waals surface area contributed by atoms with Gasteiger partial charge in [-0.1, -0.05) is 51.1 Å². The fraction of sp³-hybridized carbons (Fsp3) is 0.680. The van der Waals surface area contributed by atoms with Crippen LogP contribution in [0.2, 0.25) is 0 Å². The zero-order chi connectivity index (χ0) is 21.6. The number of piperidine rings is 2. The Morgan fingerprint density at radius 2 is 1.73 bits per heavy atom. The highest BCUT2D eigenvalue weighted by Gasteiger charge is 2.33. The van der Waals surface area contributed by atoms with Crippen LogP contribution in [0.3, 0.4) is 0 Å². The van der Waals surface area contributed by atoms with Crippen molar-refractivity contribution in [2.45, 2.75) is 65.3 Å². The summed E-state index contributed by atoms with van der Waals surface area (Å²) in [7, 11) is 0. The van der Waals surface area contributed by atoms with Crippen LogP contribution < -0.4 is 5.32 Å². The third-order valence-electron chi connectivity index (χ3n) is 6.39. The number of hydrogen-bond donors (Lipinski definition) is 1. The maximum atomic E-state index is 12.7. The molecule has 2 heterocycles. The lowest BCUT2D eigenvalue weighted by atomic mass is 9.90. The van der Waals surface area contributed by atoms with Crippen molar-refractivity contribution < 1.29 is 9.59 Å². The number of rotatable bonds is 6.